The molecule has 0 saturated heterocycles. The van der Waals surface area contributed by atoms with Gasteiger partial charge in [-0.2, -0.15) is 10.1 Å². The van der Waals surface area contributed by atoms with Crippen molar-refractivity contribution in [1.29, 1.82) is 0 Å². The molecule has 0 radical (unpaired) electrons. The van der Waals surface area contributed by atoms with E-state index < -0.39 is 0 Å². The summed E-state index contributed by atoms with van der Waals surface area (Å²) >= 11 is 0. The molecule has 2 heterocycles. The third-order valence-corrected chi connectivity index (χ3v) is 4.09. The Morgan fingerprint density at radius 2 is 2.05 bits per heavy atom. The van der Waals surface area contributed by atoms with Gasteiger partial charge in [0.25, 0.3) is 0 Å². The molecule has 7 nitrogen and oxygen atoms in total. The summed E-state index contributed by atoms with van der Waals surface area (Å²) in [6, 6.07) is 4.35. The van der Waals surface area contributed by atoms with E-state index in [9.17, 15) is 0 Å². The van der Waals surface area contributed by atoms with Gasteiger partial charge in [0.1, 0.15) is 5.82 Å². The Kier molecular flexibility index (Phi) is 3.98. The van der Waals surface area contributed by atoms with Crippen LogP contribution in [-0.4, -0.2) is 32.3 Å². The Balaban J connectivity index is 1.61. The average Bonchev–Trinajstić information content (AvgIpc) is 2.73. The number of aromatic nitrogens is 4. The summed E-state index contributed by atoms with van der Waals surface area (Å²) < 4.78 is 1.98. The molecular formula is C15H23N7. The summed E-state index contributed by atoms with van der Waals surface area (Å²) in [7, 11) is 0. The van der Waals surface area contributed by atoms with Gasteiger partial charge in [0.05, 0.1) is 17.9 Å². The number of nitrogens with two attached hydrogens (primary N) is 2. The summed E-state index contributed by atoms with van der Waals surface area (Å²) in [5.41, 5.74) is 14.8. The van der Waals surface area contributed by atoms with Gasteiger partial charge in [0.15, 0.2) is 0 Å². The Hall–Kier alpha value is -2.15. The molecule has 2 aromatic heterocycles. The van der Waals surface area contributed by atoms with Crippen molar-refractivity contribution in [2.45, 2.75) is 45.2 Å². The fraction of sp³-hybridized carbons (Fsp3) is 0.533. The highest BCUT2D eigenvalue weighted by atomic mass is 15.3. The molecule has 118 valence electrons. The zero-order valence-electron chi connectivity index (χ0n) is 13.1. The first-order valence-electron chi connectivity index (χ1n) is 7.66. The highest BCUT2D eigenvalue weighted by molar-refractivity contribution is 5.42. The zero-order valence-corrected chi connectivity index (χ0v) is 13.1. The van der Waals surface area contributed by atoms with E-state index in [0.29, 0.717) is 17.9 Å². The standard InChI is InChI=1S/C15H23N7/c1-9-5-10(2)22(21-9)4-3-18-14-8-13(19-15(17)20-14)11-6-12(16)7-11/h5,8,11-12H,3-4,6-7,16H2,1-2H3,(H3,17,18,19,20). The summed E-state index contributed by atoms with van der Waals surface area (Å²) in [4.78, 5) is 8.57. The second kappa shape index (κ2) is 5.92. The molecule has 2 aromatic rings. The van der Waals surface area contributed by atoms with Crippen LogP contribution in [0.5, 0.6) is 0 Å². The Morgan fingerprint density at radius 3 is 2.68 bits per heavy atom. The van der Waals surface area contributed by atoms with Gasteiger partial charge in [-0.15, -0.1) is 0 Å². The molecule has 0 bridgehead atoms. The fourth-order valence-corrected chi connectivity index (χ4v) is 2.88. The molecule has 0 aromatic carbocycles. The van der Waals surface area contributed by atoms with Crippen LogP contribution in [0.4, 0.5) is 11.8 Å². The van der Waals surface area contributed by atoms with Gasteiger partial charge in [0.2, 0.25) is 5.95 Å². The largest absolute Gasteiger partial charge is 0.368 e. The molecular weight excluding hydrogens is 278 g/mol. The van der Waals surface area contributed by atoms with Crippen molar-refractivity contribution in [3.63, 3.8) is 0 Å². The molecule has 0 spiro atoms. The van der Waals surface area contributed by atoms with Crippen LogP contribution in [0.2, 0.25) is 0 Å². The van der Waals surface area contributed by atoms with E-state index in [1.807, 2.05) is 17.7 Å². The Labute approximate surface area is 130 Å². The van der Waals surface area contributed by atoms with Crippen LogP contribution >= 0.6 is 0 Å². The maximum atomic E-state index is 5.84. The maximum Gasteiger partial charge on any atom is 0.222 e. The molecule has 5 N–H and O–H groups in total. The average molecular weight is 301 g/mol. The SMILES string of the molecule is Cc1cc(C)n(CCNc2cc(C3CC(N)C3)nc(N)n2)n1. The van der Waals surface area contributed by atoms with E-state index in [0.717, 1.165) is 48.8 Å². The van der Waals surface area contributed by atoms with Crippen LogP contribution in [0.1, 0.15) is 35.8 Å². The zero-order chi connectivity index (χ0) is 15.7. The minimum atomic E-state index is 0.295. The number of hydrogen-bond donors (Lipinski definition) is 3. The normalized spacial score (nSPS) is 20.7. The van der Waals surface area contributed by atoms with E-state index in [2.05, 4.69) is 33.4 Å². The molecule has 0 unspecified atom stereocenters. The van der Waals surface area contributed by atoms with Crippen LogP contribution in [0.3, 0.4) is 0 Å². The summed E-state index contributed by atoms with van der Waals surface area (Å²) in [5.74, 6) is 1.49. The van der Waals surface area contributed by atoms with Crippen molar-refractivity contribution < 1.29 is 0 Å². The number of nitrogen functional groups attached to an aromatic ring is 1. The van der Waals surface area contributed by atoms with Crippen molar-refractivity contribution in [3.8, 4) is 0 Å². The lowest BCUT2D eigenvalue weighted by atomic mass is 9.78. The predicted molar refractivity (Wildman–Crippen MR) is 86.6 cm³/mol. The Morgan fingerprint density at radius 1 is 1.27 bits per heavy atom. The molecule has 22 heavy (non-hydrogen) atoms. The highest BCUT2D eigenvalue weighted by Crippen LogP contribution is 2.35. The summed E-state index contributed by atoms with van der Waals surface area (Å²) in [6.07, 6.45) is 1.95. The lowest BCUT2D eigenvalue weighted by Crippen LogP contribution is -2.35. The Bertz CT molecular complexity index is 658. The lowest BCUT2D eigenvalue weighted by molar-refractivity contribution is 0.345. The second-order valence-corrected chi connectivity index (χ2v) is 6.04. The van der Waals surface area contributed by atoms with Gasteiger partial charge in [-0.25, -0.2) is 4.98 Å². The van der Waals surface area contributed by atoms with E-state index in [4.69, 9.17) is 11.5 Å². The van der Waals surface area contributed by atoms with Crippen LogP contribution in [0, 0.1) is 13.8 Å². The highest BCUT2D eigenvalue weighted by Gasteiger charge is 2.29. The van der Waals surface area contributed by atoms with Crippen LogP contribution in [0.15, 0.2) is 12.1 Å². The molecule has 1 aliphatic rings. The third-order valence-electron chi connectivity index (χ3n) is 4.09. The van der Waals surface area contributed by atoms with E-state index >= 15 is 0 Å². The van der Waals surface area contributed by atoms with Crippen molar-refractivity contribution in [2.24, 2.45) is 5.73 Å². The predicted octanol–water partition coefficient (Wildman–Crippen LogP) is 1.19. The number of anilines is 2. The monoisotopic (exact) mass is 301 g/mol. The van der Waals surface area contributed by atoms with Crippen molar-refractivity contribution >= 4 is 11.8 Å². The number of nitrogens with zero attached hydrogens (tertiary/aromatic N) is 4. The van der Waals surface area contributed by atoms with Crippen molar-refractivity contribution in [3.05, 3.63) is 29.2 Å². The first-order chi connectivity index (χ1) is 10.5. The smallest absolute Gasteiger partial charge is 0.222 e. The molecule has 0 amide bonds. The van der Waals surface area contributed by atoms with E-state index in [1.54, 1.807) is 0 Å². The number of aryl methyl sites for hydroxylation is 2. The number of hydrogen-bond acceptors (Lipinski definition) is 6. The van der Waals surface area contributed by atoms with E-state index in [1.165, 1.54) is 0 Å². The number of rotatable bonds is 5. The van der Waals surface area contributed by atoms with Gasteiger partial charge >= 0.3 is 0 Å². The third kappa shape index (κ3) is 3.19. The van der Waals surface area contributed by atoms with Gasteiger partial charge < -0.3 is 16.8 Å². The first kappa shape index (κ1) is 14.8. The topological polar surface area (TPSA) is 108 Å². The maximum absolute atomic E-state index is 5.84. The van der Waals surface area contributed by atoms with Gasteiger partial charge in [0, 0.05) is 30.3 Å². The van der Waals surface area contributed by atoms with Crippen LogP contribution in [0.25, 0.3) is 0 Å². The minimum absolute atomic E-state index is 0.295. The quantitative estimate of drug-likeness (QED) is 0.765. The van der Waals surface area contributed by atoms with Gasteiger partial charge in [-0.3, -0.25) is 4.68 Å². The van der Waals surface area contributed by atoms with Crippen molar-refractivity contribution in [1.82, 2.24) is 19.7 Å². The summed E-state index contributed by atoms with van der Waals surface area (Å²) in [5, 5.41) is 7.74. The second-order valence-electron chi connectivity index (χ2n) is 6.04. The molecule has 1 fully saturated rings. The van der Waals surface area contributed by atoms with E-state index in [-0.39, 0.29) is 0 Å². The summed E-state index contributed by atoms with van der Waals surface area (Å²) in [6.45, 7) is 5.58. The lowest BCUT2D eigenvalue weighted by Gasteiger charge is -2.32. The van der Waals surface area contributed by atoms with Gasteiger partial charge in [-0.1, -0.05) is 0 Å². The number of nitrogens with one attached hydrogen (secondary N) is 1. The molecule has 3 rings (SSSR count). The fourth-order valence-electron chi connectivity index (χ4n) is 2.88. The molecule has 0 aliphatic heterocycles. The first-order valence-corrected chi connectivity index (χ1v) is 7.66. The molecule has 1 aliphatic carbocycles. The minimum Gasteiger partial charge on any atom is -0.368 e. The van der Waals surface area contributed by atoms with Gasteiger partial charge in [-0.05, 0) is 32.8 Å². The van der Waals surface area contributed by atoms with Crippen LogP contribution in [-0.2, 0) is 6.54 Å². The van der Waals surface area contributed by atoms with Crippen molar-refractivity contribution in [2.75, 3.05) is 17.6 Å². The molecule has 0 atom stereocenters. The van der Waals surface area contributed by atoms with Crippen LogP contribution < -0.4 is 16.8 Å². The molecule has 7 heteroatoms. The molecule has 1 saturated carbocycles.